The van der Waals surface area contributed by atoms with E-state index in [1.807, 2.05) is 20.8 Å². The molecule has 1 saturated carbocycles. The standard InChI is InChI=1S/C17H24N4O3/c1-16(2,3)24-15(23)21-9-17(7-10(21)8-17)14-19-12-11(13(22)20-14)5-4-6-18-12/h10H,4-9H2,1-3H3,(H2,18,19,20,22). The van der Waals surface area contributed by atoms with Gasteiger partial charge in [0.05, 0.1) is 11.0 Å². The summed E-state index contributed by atoms with van der Waals surface area (Å²) in [6.45, 7) is 7.02. The van der Waals surface area contributed by atoms with Crippen LogP contribution in [0.4, 0.5) is 10.6 Å². The number of nitrogens with one attached hydrogen (secondary N) is 2. The van der Waals surface area contributed by atoms with Gasteiger partial charge in [-0.05, 0) is 46.5 Å². The number of aromatic nitrogens is 2. The van der Waals surface area contributed by atoms with Crippen molar-refractivity contribution in [3.05, 3.63) is 21.7 Å². The summed E-state index contributed by atoms with van der Waals surface area (Å²) >= 11 is 0. The molecule has 0 spiro atoms. The highest BCUT2D eigenvalue weighted by Gasteiger charge is 2.60. The molecule has 0 atom stereocenters. The quantitative estimate of drug-likeness (QED) is 0.818. The van der Waals surface area contributed by atoms with Crippen molar-refractivity contribution < 1.29 is 9.53 Å². The summed E-state index contributed by atoms with van der Waals surface area (Å²) in [7, 11) is 0. The van der Waals surface area contributed by atoms with Crippen molar-refractivity contribution in [3.63, 3.8) is 0 Å². The first-order valence-corrected chi connectivity index (χ1v) is 8.65. The van der Waals surface area contributed by atoms with Crippen molar-refractivity contribution in [1.29, 1.82) is 0 Å². The average Bonchev–Trinajstić information content (AvgIpc) is 3.02. The molecule has 4 heterocycles. The topological polar surface area (TPSA) is 87.3 Å². The minimum absolute atomic E-state index is 0.0456. The summed E-state index contributed by atoms with van der Waals surface area (Å²) < 4.78 is 5.50. The molecule has 1 aromatic rings. The van der Waals surface area contributed by atoms with Gasteiger partial charge < -0.3 is 19.9 Å². The van der Waals surface area contributed by atoms with Gasteiger partial charge in [-0.2, -0.15) is 0 Å². The first-order valence-electron chi connectivity index (χ1n) is 8.65. The molecule has 7 nitrogen and oxygen atoms in total. The Morgan fingerprint density at radius 3 is 2.83 bits per heavy atom. The Morgan fingerprint density at radius 1 is 1.38 bits per heavy atom. The third-order valence-corrected chi connectivity index (χ3v) is 5.21. The molecule has 1 amide bonds. The average molecular weight is 332 g/mol. The van der Waals surface area contributed by atoms with Crippen LogP contribution in [0, 0.1) is 0 Å². The minimum Gasteiger partial charge on any atom is -0.444 e. The number of carbonyl (C=O) groups is 1. The van der Waals surface area contributed by atoms with E-state index in [0.29, 0.717) is 18.2 Å². The molecular formula is C17H24N4O3. The van der Waals surface area contributed by atoms with Gasteiger partial charge in [0, 0.05) is 19.1 Å². The molecule has 2 saturated heterocycles. The Morgan fingerprint density at radius 2 is 2.12 bits per heavy atom. The number of hydrogen-bond donors (Lipinski definition) is 2. The summed E-state index contributed by atoms with van der Waals surface area (Å²) in [5.74, 6) is 1.43. The lowest BCUT2D eigenvalue weighted by Gasteiger charge is -2.36. The van der Waals surface area contributed by atoms with Gasteiger partial charge in [-0.3, -0.25) is 4.79 Å². The van der Waals surface area contributed by atoms with Gasteiger partial charge in [-0.25, -0.2) is 9.78 Å². The van der Waals surface area contributed by atoms with E-state index >= 15 is 0 Å². The third kappa shape index (κ3) is 2.37. The number of ether oxygens (including phenoxy) is 1. The maximum Gasteiger partial charge on any atom is 0.410 e. The molecule has 1 aliphatic carbocycles. The van der Waals surface area contributed by atoms with Crippen molar-refractivity contribution in [2.75, 3.05) is 18.4 Å². The molecule has 3 fully saturated rings. The molecule has 1 aromatic heterocycles. The fourth-order valence-electron chi connectivity index (χ4n) is 4.05. The predicted molar refractivity (Wildman–Crippen MR) is 89.3 cm³/mol. The van der Waals surface area contributed by atoms with Crippen LogP contribution in [0.5, 0.6) is 0 Å². The number of anilines is 1. The second-order valence-electron chi connectivity index (χ2n) is 8.22. The molecule has 0 radical (unpaired) electrons. The SMILES string of the molecule is CC(C)(C)OC(=O)N1CC2(c3nc4c(c(=O)[nH]3)CCCN4)CC1C2. The zero-order valence-electron chi connectivity index (χ0n) is 14.4. The number of nitrogens with zero attached hydrogens (tertiary/aromatic N) is 2. The largest absolute Gasteiger partial charge is 0.444 e. The van der Waals surface area contributed by atoms with Gasteiger partial charge in [0.15, 0.2) is 0 Å². The van der Waals surface area contributed by atoms with E-state index in [0.717, 1.165) is 37.8 Å². The summed E-state index contributed by atoms with van der Waals surface area (Å²) in [4.78, 5) is 34.2. The summed E-state index contributed by atoms with van der Waals surface area (Å²) in [6.07, 6.45) is 3.13. The van der Waals surface area contributed by atoms with Gasteiger partial charge in [0.2, 0.25) is 0 Å². The van der Waals surface area contributed by atoms with E-state index in [1.165, 1.54) is 0 Å². The lowest BCUT2D eigenvalue weighted by atomic mass is 9.69. The van der Waals surface area contributed by atoms with Crippen LogP contribution in [0.2, 0.25) is 0 Å². The Bertz CT molecular complexity index is 743. The highest BCUT2D eigenvalue weighted by atomic mass is 16.6. The fraction of sp³-hybridized carbons (Fsp3) is 0.706. The number of carbonyl (C=O) groups excluding carboxylic acids is 1. The Hall–Kier alpha value is -2.05. The Labute approximate surface area is 140 Å². The molecule has 4 aliphatic rings. The van der Waals surface area contributed by atoms with Crippen LogP contribution < -0.4 is 10.9 Å². The highest BCUT2D eigenvalue weighted by Crippen LogP contribution is 2.52. The van der Waals surface area contributed by atoms with Gasteiger partial charge in [0.25, 0.3) is 5.56 Å². The van der Waals surface area contributed by atoms with E-state index in [1.54, 1.807) is 4.90 Å². The van der Waals surface area contributed by atoms with Crippen molar-refractivity contribution in [2.45, 2.75) is 63.5 Å². The summed E-state index contributed by atoms with van der Waals surface area (Å²) in [5, 5.41) is 3.23. The first kappa shape index (κ1) is 15.5. The molecular weight excluding hydrogens is 308 g/mol. The monoisotopic (exact) mass is 332 g/mol. The van der Waals surface area contributed by atoms with E-state index < -0.39 is 5.60 Å². The lowest BCUT2D eigenvalue weighted by molar-refractivity contribution is 0.0246. The van der Waals surface area contributed by atoms with E-state index in [-0.39, 0.29) is 23.1 Å². The van der Waals surface area contributed by atoms with Crippen LogP contribution >= 0.6 is 0 Å². The molecule has 24 heavy (non-hydrogen) atoms. The second-order valence-corrected chi connectivity index (χ2v) is 8.22. The number of hydrogen-bond acceptors (Lipinski definition) is 5. The molecule has 130 valence electrons. The molecule has 5 rings (SSSR count). The number of rotatable bonds is 1. The van der Waals surface area contributed by atoms with E-state index in [2.05, 4.69) is 15.3 Å². The van der Waals surface area contributed by atoms with Crippen LogP contribution in [0.15, 0.2) is 4.79 Å². The molecule has 7 heteroatoms. The Balaban J connectivity index is 1.58. The summed E-state index contributed by atoms with van der Waals surface area (Å²) in [6, 6.07) is 0.189. The highest BCUT2D eigenvalue weighted by molar-refractivity contribution is 5.70. The first-order chi connectivity index (χ1) is 11.3. The van der Waals surface area contributed by atoms with Crippen molar-refractivity contribution in [2.24, 2.45) is 0 Å². The minimum atomic E-state index is -0.500. The second kappa shape index (κ2) is 4.97. The van der Waals surface area contributed by atoms with Crippen molar-refractivity contribution >= 4 is 11.9 Å². The molecule has 0 aromatic carbocycles. The molecule has 2 bridgehead atoms. The zero-order valence-corrected chi connectivity index (χ0v) is 14.4. The van der Waals surface area contributed by atoms with Crippen LogP contribution in [0.3, 0.4) is 0 Å². The van der Waals surface area contributed by atoms with E-state index in [9.17, 15) is 9.59 Å². The number of H-pyrrole nitrogens is 1. The van der Waals surface area contributed by atoms with Crippen LogP contribution in [0.1, 0.15) is 51.4 Å². The molecule has 3 aliphatic heterocycles. The maximum absolute atomic E-state index is 12.4. The van der Waals surface area contributed by atoms with Gasteiger partial charge in [0.1, 0.15) is 17.2 Å². The smallest absolute Gasteiger partial charge is 0.410 e. The van der Waals surface area contributed by atoms with Crippen LogP contribution in [0.25, 0.3) is 0 Å². The fourth-order valence-corrected chi connectivity index (χ4v) is 4.05. The number of aromatic amines is 1. The van der Waals surface area contributed by atoms with Crippen LogP contribution in [-0.2, 0) is 16.6 Å². The lowest BCUT2D eigenvalue weighted by Crippen LogP contribution is -2.42. The number of fused-ring (bicyclic) bond motifs is 2. The van der Waals surface area contributed by atoms with Crippen molar-refractivity contribution in [1.82, 2.24) is 14.9 Å². The van der Waals surface area contributed by atoms with Crippen LogP contribution in [-0.4, -0.2) is 45.7 Å². The van der Waals surface area contributed by atoms with E-state index in [4.69, 9.17) is 4.74 Å². The van der Waals surface area contributed by atoms with Gasteiger partial charge >= 0.3 is 6.09 Å². The van der Waals surface area contributed by atoms with Crippen molar-refractivity contribution in [3.8, 4) is 0 Å². The maximum atomic E-state index is 12.4. The third-order valence-electron chi connectivity index (χ3n) is 5.21. The molecule has 2 N–H and O–H groups in total. The summed E-state index contributed by atoms with van der Waals surface area (Å²) in [5.41, 5.74) is -0.0240. The Kier molecular flexibility index (Phi) is 3.21. The normalized spacial score (nSPS) is 28.0. The van der Waals surface area contributed by atoms with Gasteiger partial charge in [-0.1, -0.05) is 0 Å². The predicted octanol–water partition coefficient (Wildman–Crippen LogP) is 1.78. The van der Waals surface area contributed by atoms with Gasteiger partial charge in [-0.15, -0.1) is 0 Å². The molecule has 0 unspecified atom stereocenters. The zero-order chi connectivity index (χ0) is 17.1. The number of amides is 1.